The molecule has 1 saturated heterocycles. The van der Waals surface area contributed by atoms with Crippen LogP contribution in [0.2, 0.25) is 0 Å². The first-order valence-electron chi connectivity index (χ1n) is 6.74. The second kappa shape index (κ2) is 5.02. The van der Waals surface area contributed by atoms with Crippen LogP contribution in [0.3, 0.4) is 0 Å². The number of hydrogen-bond acceptors (Lipinski definition) is 2. The maximum atomic E-state index is 11.2. The lowest BCUT2D eigenvalue weighted by Crippen LogP contribution is -2.33. The third-order valence-corrected chi connectivity index (χ3v) is 3.74. The quantitative estimate of drug-likeness (QED) is 0.883. The lowest BCUT2D eigenvalue weighted by atomic mass is 10.0. The third-order valence-electron chi connectivity index (χ3n) is 3.74. The van der Waals surface area contributed by atoms with Gasteiger partial charge < -0.3 is 10.6 Å². The first-order chi connectivity index (χ1) is 9.22. The Balaban J connectivity index is 1.77. The summed E-state index contributed by atoms with van der Waals surface area (Å²) >= 11 is 0. The highest BCUT2D eigenvalue weighted by molar-refractivity contribution is 5.83. The van der Waals surface area contributed by atoms with E-state index in [1.165, 1.54) is 16.3 Å². The Morgan fingerprint density at radius 1 is 1.21 bits per heavy atom. The molecule has 2 atom stereocenters. The highest BCUT2D eigenvalue weighted by atomic mass is 16.1. The highest BCUT2D eigenvalue weighted by Crippen LogP contribution is 2.21. The minimum atomic E-state index is 0.142. The molecule has 3 rings (SSSR count). The van der Waals surface area contributed by atoms with Crippen LogP contribution in [0.1, 0.15) is 24.9 Å². The van der Waals surface area contributed by atoms with E-state index in [-0.39, 0.29) is 18.0 Å². The van der Waals surface area contributed by atoms with Crippen molar-refractivity contribution in [1.82, 2.24) is 10.6 Å². The molecular weight excluding hydrogens is 236 g/mol. The van der Waals surface area contributed by atoms with E-state index in [4.69, 9.17) is 0 Å². The summed E-state index contributed by atoms with van der Waals surface area (Å²) < 4.78 is 0. The maximum Gasteiger partial charge on any atom is 0.221 e. The average Bonchev–Trinajstić information content (AvgIpc) is 2.83. The van der Waals surface area contributed by atoms with Crippen molar-refractivity contribution in [2.24, 2.45) is 0 Å². The van der Waals surface area contributed by atoms with Gasteiger partial charge in [-0.25, -0.2) is 0 Å². The Labute approximate surface area is 113 Å². The van der Waals surface area contributed by atoms with Crippen LogP contribution in [0.5, 0.6) is 0 Å². The summed E-state index contributed by atoms with van der Waals surface area (Å²) in [6.45, 7) is 2.88. The number of amides is 1. The predicted molar refractivity (Wildman–Crippen MR) is 76.9 cm³/mol. The Hall–Kier alpha value is -1.87. The van der Waals surface area contributed by atoms with Crippen LogP contribution >= 0.6 is 0 Å². The number of rotatable bonds is 3. The predicted octanol–water partition coefficient (Wildman–Crippen LogP) is 2.38. The van der Waals surface area contributed by atoms with E-state index in [2.05, 4.69) is 60.0 Å². The zero-order valence-electron chi connectivity index (χ0n) is 11.0. The molecule has 0 aliphatic carbocycles. The van der Waals surface area contributed by atoms with Crippen molar-refractivity contribution in [3.63, 3.8) is 0 Å². The smallest absolute Gasteiger partial charge is 0.221 e. The molecule has 3 heteroatoms. The monoisotopic (exact) mass is 254 g/mol. The normalized spacial score (nSPS) is 20.5. The van der Waals surface area contributed by atoms with E-state index >= 15 is 0 Å². The van der Waals surface area contributed by atoms with Crippen LogP contribution in [-0.2, 0) is 4.79 Å². The number of nitrogens with one attached hydrogen (secondary N) is 2. The summed E-state index contributed by atoms with van der Waals surface area (Å²) in [6, 6.07) is 15.4. The SMILES string of the molecule is CC(NC1CNC(=O)C1)c1ccc2ccccc2c1. The van der Waals surface area contributed by atoms with Gasteiger partial charge in [0.25, 0.3) is 0 Å². The first kappa shape index (κ1) is 12.2. The van der Waals surface area contributed by atoms with Gasteiger partial charge in [-0.2, -0.15) is 0 Å². The first-order valence-corrected chi connectivity index (χ1v) is 6.74. The number of fused-ring (bicyclic) bond motifs is 1. The number of carbonyl (C=O) groups is 1. The van der Waals surface area contributed by atoms with Crippen molar-refractivity contribution in [3.05, 3.63) is 48.0 Å². The van der Waals surface area contributed by atoms with Gasteiger partial charge in [-0.1, -0.05) is 36.4 Å². The van der Waals surface area contributed by atoms with Gasteiger partial charge >= 0.3 is 0 Å². The fourth-order valence-electron chi connectivity index (χ4n) is 2.65. The molecule has 1 amide bonds. The Morgan fingerprint density at radius 3 is 2.74 bits per heavy atom. The molecule has 0 bridgehead atoms. The topological polar surface area (TPSA) is 41.1 Å². The largest absolute Gasteiger partial charge is 0.354 e. The Morgan fingerprint density at radius 2 is 2.00 bits per heavy atom. The van der Waals surface area contributed by atoms with Crippen molar-refractivity contribution < 1.29 is 4.79 Å². The van der Waals surface area contributed by atoms with Crippen LogP contribution in [-0.4, -0.2) is 18.5 Å². The second-order valence-corrected chi connectivity index (χ2v) is 5.20. The molecule has 1 aliphatic heterocycles. The van der Waals surface area contributed by atoms with Crippen molar-refractivity contribution in [2.75, 3.05) is 6.54 Å². The van der Waals surface area contributed by atoms with Gasteiger partial charge in [0, 0.05) is 25.0 Å². The summed E-state index contributed by atoms with van der Waals surface area (Å²) in [4.78, 5) is 11.2. The maximum absolute atomic E-state index is 11.2. The number of benzene rings is 2. The molecule has 2 N–H and O–H groups in total. The van der Waals surface area contributed by atoms with Crippen LogP contribution in [0.25, 0.3) is 10.8 Å². The van der Waals surface area contributed by atoms with Crippen LogP contribution in [0, 0.1) is 0 Å². The van der Waals surface area contributed by atoms with E-state index in [9.17, 15) is 4.79 Å². The van der Waals surface area contributed by atoms with Gasteiger partial charge in [0.05, 0.1) is 0 Å². The van der Waals surface area contributed by atoms with E-state index in [0.717, 1.165) is 6.54 Å². The van der Waals surface area contributed by atoms with Gasteiger partial charge in [-0.05, 0) is 29.3 Å². The van der Waals surface area contributed by atoms with Gasteiger partial charge in [-0.15, -0.1) is 0 Å². The summed E-state index contributed by atoms with van der Waals surface area (Å²) in [5, 5.41) is 8.88. The molecule has 2 aromatic rings. The third kappa shape index (κ3) is 2.61. The molecular formula is C16H18N2O. The van der Waals surface area contributed by atoms with Crippen molar-refractivity contribution in [2.45, 2.75) is 25.4 Å². The second-order valence-electron chi connectivity index (χ2n) is 5.20. The molecule has 19 heavy (non-hydrogen) atoms. The standard InChI is InChI=1S/C16H18N2O/c1-11(18-15-9-16(19)17-10-15)13-7-6-12-4-2-3-5-14(12)8-13/h2-8,11,15,18H,9-10H2,1H3,(H,17,19). The van der Waals surface area contributed by atoms with E-state index in [1.54, 1.807) is 0 Å². The van der Waals surface area contributed by atoms with Crippen molar-refractivity contribution in [1.29, 1.82) is 0 Å². The Kier molecular flexibility index (Phi) is 3.22. The van der Waals surface area contributed by atoms with Crippen LogP contribution < -0.4 is 10.6 Å². The van der Waals surface area contributed by atoms with Gasteiger partial charge in [0.2, 0.25) is 5.91 Å². The van der Waals surface area contributed by atoms with Crippen LogP contribution in [0.15, 0.2) is 42.5 Å². The molecule has 1 heterocycles. The van der Waals surface area contributed by atoms with E-state index in [1.807, 2.05) is 0 Å². The van der Waals surface area contributed by atoms with E-state index < -0.39 is 0 Å². The molecule has 1 fully saturated rings. The average molecular weight is 254 g/mol. The lowest BCUT2D eigenvalue weighted by Gasteiger charge is -2.19. The van der Waals surface area contributed by atoms with Crippen LogP contribution in [0.4, 0.5) is 0 Å². The van der Waals surface area contributed by atoms with Crippen molar-refractivity contribution >= 4 is 16.7 Å². The molecule has 0 saturated carbocycles. The summed E-state index contributed by atoms with van der Waals surface area (Å²) in [7, 11) is 0. The number of carbonyl (C=O) groups excluding carboxylic acids is 1. The van der Waals surface area contributed by atoms with E-state index in [0.29, 0.717) is 6.42 Å². The fourth-order valence-corrected chi connectivity index (χ4v) is 2.65. The molecule has 2 aromatic carbocycles. The lowest BCUT2D eigenvalue weighted by molar-refractivity contribution is -0.119. The zero-order valence-corrected chi connectivity index (χ0v) is 11.0. The molecule has 0 radical (unpaired) electrons. The molecule has 98 valence electrons. The van der Waals surface area contributed by atoms with Gasteiger partial charge in [0.1, 0.15) is 0 Å². The summed E-state index contributed by atoms with van der Waals surface area (Å²) in [6.07, 6.45) is 0.581. The minimum absolute atomic E-state index is 0.142. The van der Waals surface area contributed by atoms with Crippen molar-refractivity contribution in [3.8, 4) is 0 Å². The minimum Gasteiger partial charge on any atom is -0.354 e. The summed E-state index contributed by atoms with van der Waals surface area (Å²) in [5.41, 5.74) is 1.26. The fraction of sp³-hybridized carbons (Fsp3) is 0.312. The molecule has 1 aliphatic rings. The molecule has 0 aromatic heterocycles. The summed E-state index contributed by atoms with van der Waals surface area (Å²) in [5.74, 6) is 0.142. The Bertz CT molecular complexity index is 608. The van der Waals surface area contributed by atoms with Gasteiger partial charge in [-0.3, -0.25) is 4.79 Å². The highest BCUT2D eigenvalue weighted by Gasteiger charge is 2.22. The zero-order chi connectivity index (χ0) is 13.2. The van der Waals surface area contributed by atoms with Gasteiger partial charge in [0.15, 0.2) is 0 Å². The molecule has 0 spiro atoms. The number of hydrogen-bond donors (Lipinski definition) is 2. The molecule has 3 nitrogen and oxygen atoms in total. The molecule has 2 unspecified atom stereocenters.